The van der Waals surface area contributed by atoms with Crippen molar-refractivity contribution in [1.29, 1.82) is 0 Å². The molecule has 1 heterocycles. The molecule has 2 fully saturated rings. The zero-order valence-corrected chi connectivity index (χ0v) is 15.8. The Kier molecular flexibility index (Phi) is 5.85. The fourth-order valence-corrected chi connectivity index (χ4v) is 3.90. The van der Waals surface area contributed by atoms with E-state index in [0.717, 1.165) is 63.5 Å². The third kappa shape index (κ3) is 4.76. The Balaban J connectivity index is 1.22. The lowest BCUT2D eigenvalue weighted by Gasteiger charge is -2.26. The number of carbonyl (C=O) groups is 1. The van der Waals surface area contributed by atoms with Crippen molar-refractivity contribution >= 4 is 5.78 Å². The van der Waals surface area contributed by atoms with E-state index in [9.17, 15) is 4.79 Å². The second-order valence-electron chi connectivity index (χ2n) is 7.54. The van der Waals surface area contributed by atoms with Crippen LogP contribution in [0.2, 0.25) is 0 Å². The van der Waals surface area contributed by atoms with Crippen molar-refractivity contribution in [2.75, 3.05) is 39.3 Å². The van der Waals surface area contributed by atoms with Gasteiger partial charge in [-0.1, -0.05) is 30.3 Å². The minimum Gasteiger partial charge on any atom is -0.494 e. The number of nitrogens with zero attached hydrogens (tertiary/aromatic N) is 1. The summed E-state index contributed by atoms with van der Waals surface area (Å²) in [7, 11) is 0. The molecule has 4 nitrogen and oxygen atoms in total. The van der Waals surface area contributed by atoms with Crippen molar-refractivity contribution in [2.45, 2.75) is 18.8 Å². The highest BCUT2D eigenvalue weighted by molar-refractivity contribution is 6.00. The zero-order chi connectivity index (χ0) is 18.5. The van der Waals surface area contributed by atoms with Gasteiger partial charge < -0.3 is 15.0 Å². The van der Waals surface area contributed by atoms with Gasteiger partial charge in [0.1, 0.15) is 5.75 Å². The lowest BCUT2D eigenvalue weighted by molar-refractivity contribution is 0.0965. The molecule has 1 N–H and O–H groups in total. The molecule has 142 valence electrons. The number of hydrogen-bond donors (Lipinski definition) is 1. The molecule has 0 amide bonds. The first-order valence-corrected chi connectivity index (χ1v) is 10.1. The number of rotatable bonds is 8. The number of nitrogens with one attached hydrogen (secondary N) is 1. The summed E-state index contributed by atoms with van der Waals surface area (Å²) in [5.74, 6) is 1.63. The number of piperazine rings is 1. The highest BCUT2D eigenvalue weighted by atomic mass is 16.5. The van der Waals surface area contributed by atoms with Crippen molar-refractivity contribution in [1.82, 2.24) is 10.2 Å². The van der Waals surface area contributed by atoms with Crippen LogP contribution in [0.15, 0.2) is 54.6 Å². The van der Waals surface area contributed by atoms with E-state index in [1.807, 2.05) is 42.5 Å². The molecule has 2 atom stereocenters. The lowest BCUT2D eigenvalue weighted by atomic mass is 10.0. The van der Waals surface area contributed by atoms with Gasteiger partial charge in [0.25, 0.3) is 0 Å². The SMILES string of the molecule is O=C(c1ccc(OCCCN2CCNCC2)cc1)C1CC1c1ccccc1. The average molecular weight is 364 g/mol. The molecule has 1 aliphatic heterocycles. The Morgan fingerprint density at radius 3 is 2.52 bits per heavy atom. The van der Waals surface area contributed by atoms with Crippen molar-refractivity contribution in [3.8, 4) is 5.75 Å². The number of benzene rings is 2. The van der Waals surface area contributed by atoms with Gasteiger partial charge in [0.15, 0.2) is 5.78 Å². The standard InChI is InChI=1S/C23H28N2O2/c26-23(22-17-21(22)18-5-2-1-3-6-18)19-7-9-20(10-8-19)27-16-4-13-25-14-11-24-12-15-25/h1-3,5-10,21-22,24H,4,11-17H2. The van der Waals surface area contributed by atoms with Gasteiger partial charge in [0, 0.05) is 44.2 Å². The molecule has 2 aliphatic rings. The molecule has 1 aliphatic carbocycles. The Labute approximate surface area is 161 Å². The number of ketones is 1. The van der Waals surface area contributed by atoms with Crippen LogP contribution in [0.4, 0.5) is 0 Å². The van der Waals surface area contributed by atoms with Crippen LogP contribution in [0.5, 0.6) is 5.75 Å². The smallest absolute Gasteiger partial charge is 0.166 e. The molecule has 4 heteroatoms. The van der Waals surface area contributed by atoms with Gasteiger partial charge in [-0.05, 0) is 48.6 Å². The van der Waals surface area contributed by atoms with Gasteiger partial charge in [0.2, 0.25) is 0 Å². The van der Waals surface area contributed by atoms with Crippen molar-refractivity contribution in [2.24, 2.45) is 5.92 Å². The Morgan fingerprint density at radius 2 is 1.78 bits per heavy atom. The van der Waals surface area contributed by atoms with Crippen LogP contribution in [-0.2, 0) is 0 Å². The van der Waals surface area contributed by atoms with E-state index < -0.39 is 0 Å². The first kappa shape index (κ1) is 18.2. The van der Waals surface area contributed by atoms with Crippen LogP contribution in [0.1, 0.15) is 34.7 Å². The van der Waals surface area contributed by atoms with Crippen LogP contribution in [0.25, 0.3) is 0 Å². The minimum atomic E-state index is 0.137. The third-order valence-corrected chi connectivity index (χ3v) is 5.59. The molecule has 2 aromatic carbocycles. The second-order valence-corrected chi connectivity index (χ2v) is 7.54. The van der Waals surface area contributed by atoms with Crippen LogP contribution in [-0.4, -0.2) is 50.0 Å². The first-order valence-electron chi connectivity index (χ1n) is 10.1. The molecule has 0 radical (unpaired) electrons. The fourth-order valence-electron chi connectivity index (χ4n) is 3.90. The normalized spacial score (nSPS) is 22.4. The molecule has 1 saturated heterocycles. The summed E-state index contributed by atoms with van der Waals surface area (Å²) in [5, 5.41) is 3.37. The molecule has 0 spiro atoms. The van der Waals surface area contributed by atoms with Crippen LogP contribution >= 0.6 is 0 Å². The molecule has 27 heavy (non-hydrogen) atoms. The minimum absolute atomic E-state index is 0.137. The van der Waals surface area contributed by atoms with Gasteiger partial charge in [-0.15, -0.1) is 0 Å². The summed E-state index contributed by atoms with van der Waals surface area (Å²) in [5.41, 5.74) is 2.08. The molecule has 0 aromatic heterocycles. The largest absolute Gasteiger partial charge is 0.494 e. The quantitative estimate of drug-likeness (QED) is 0.576. The summed E-state index contributed by atoms with van der Waals surface area (Å²) in [6.07, 6.45) is 1.99. The van der Waals surface area contributed by atoms with E-state index >= 15 is 0 Å². The predicted octanol–water partition coefficient (Wildman–Crippen LogP) is 3.35. The summed E-state index contributed by atoms with van der Waals surface area (Å²) in [4.78, 5) is 15.2. The van der Waals surface area contributed by atoms with Crippen LogP contribution in [0.3, 0.4) is 0 Å². The summed E-state index contributed by atoms with van der Waals surface area (Å²) < 4.78 is 5.84. The molecule has 2 unspecified atom stereocenters. The van der Waals surface area contributed by atoms with E-state index in [-0.39, 0.29) is 11.7 Å². The lowest BCUT2D eigenvalue weighted by Crippen LogP contribution is -2.43. The van der Waals surface area contributed by atoms with E-state index in [1.54, 1.807) is 0 Å². The van der Waals surface area contributed by atoms with E-state index in [2.05, 4.69) is 22.3 Å². The average Bonchev–Trinajstić information content (AvgIpc) is 3.54. The van der Waals surface area contributed by atoms with Gasteiger partial charge in [-0.2, -0.15) is 0 Å². The van der Waals surface area contributed by atoms with Gasteiger partial charge in [-0.25, -0.2) is 0 Å². The number of ether oxygens (including phenoxy) is 1. The number of carbonyl (C=O) groups excluding carboxylic acids is 1. The van der Waals surface area contributed by atoms with Crippen molar-refractivity contribution in [3.05, 3.63) is 65.7 Å². The molecule has 0 bridgehead atoms. The van der Waals surface area contributed by atoms with Crippen molar-refractivity contribution < 1.29 is 9.53 Å². The second kappa shape index (κ2) is 8.68. The summed E-state index contributed by atoms with van der Waals surface area (Å²) in [6.45, 7) is 6.23. The predicted molar refractivity (Wildman–Crippen MR) is 107 cm³/mol. The Bertz CT molecular complexity index is 739. The number of hydrogen-bond acceptors (Lipinski definition) is 4. The van der Waals surface area contributed by atoms with E-state index in [1.165, 1.54) is 5.56 Å². The Morgan fingerprint density at radius 1 is 1.04 bits per heavy atom. The maximum absolute atomic E-state index is 12.7. The zero-order valence-electron chi connectivity index (χ0n) is 15.8. The maximum atomic E-state index is 12.7. The van der Waals surface area contributed by atoms with Gasteiger partial charge >= 0.3 is 0 Å². The summed E-state index contributed by atoms with van der Waals surface area (Å²) in [6, 6.07) is 18.0. The highest BCUT2D eigenvalue weighted by Gasteiger charge is 2.43. The first-order chi connectivity index (χ1) is 13.3. The molecular formula is C23H28N2O2. The van der Waals surface area contributed by atoms with E-state index in [4.69, 9.17) is 4.74 Å². The molecular weight excluding hydrogens is 336 g/mol. The van der Waals surface area contributed by atoms with Gasteiger partial charge in [0.05, 0.1) is 6.61 Å². The molecule has 4 rings (SSSR count). The molecule has 1 saturated carbocycles. The van der Waals surface area contributed by atoms with Crippen molar-refractivity contribution in [3.63, 3.8) is 0 Å². The topological polar surface area (TPSA) is 41.6 Å². The number of Topliss-reactive ketones (excluding diaryl/α,β-unsaturated/α-hetero) is 1. The fraction of sp³-hybridized carbons (Fsp3) is 0.435. The summed E-state index contributed by atoms with van der Waals surface area (Å²) >= 11 is 0. The monoisotopic (exact) mass is 364 g/mol. The highest BCUT2D eigenvalue weighted by Crippen LogP contribution is 2.49. The van der Waals surface area contributed by atoms with Crippen LogP contribution < -0.4 is 10.1 Å². The molecule has 2 aromatic rings. The third-order valence-electron chi connectivity index (χ3n) is 5.59. The van der Waals surface area contributed by atoms with Gasteiger partial charge in [-0.3, -0.25) is 4.79 Å². The van der Waals surface area contributed by atoms with Crippen LogP contribution in [0, 0.1) is 5.92 Å². The van der Waals surface area contributed by atoms with E-state index in [0.29, 0.717) is 5.92 Å². The Hall–Kier alpha value is -2.17. The maximum Gasteiger partial charge on any atom is 0.166 e.